The molecule has 138 valence electrons. The van der Waals surface area contributed by atoms with Crippen molar-refractivity contribution in [1.82, 2.24) is 0 Å². The van der Waals surface area contributed by atoms with Gasteiger partial charge in [-0.1, -0.05) is 23.7 Å². The van der Waals surface area contributed by atoms with Gasteiger partial charge in [-0.15, -0.1) is 0 Å². The molecule has 0 spiro atoms. The first kappa shape index (κ1) is 17.8. The van der Waals surface area contributed by atoms with E-state index in [1.54, 1.807) is 48.5 Å². The molecular formula is C21H13ClN2O4. The summed E-state index contributed by atoms with van der Waals surface area (Å²) in [7, 11) is 0. The standard InChI is InChI=1S/C21H13ClN2O4/c22-17-12-13(24-20(26)15-5-1-2-6-16(15)21(24)27)7-9-18(17)23-19(25)10-8-14-4-3-11-28-14/h1-12H,(H,23,25)/b10-8+. The van der Waals surface area contributed by atoms with Gasteiger partial charge in [0.1, 0.15) is 5.76 Å². The second-order valence-corrected chi connectivity index (χ2v) is 6.40. The Morgan fingerprint density at radius 3 is 2.32 bits per heavy atom. The Morgan fingerprint density at radius 1 is 1.00 bits per heavy atom. The maximum Gasteiger partial charge on any atom is 0.266 e. The van der Waals surface area contributed by atoms with Gasteiger partial charge in [-0.05, 0) is 48.5 Å². The monoisotopic (exact) mass is 392 g/mol. The first-order valence-electron chi connectivity index (χ1n) is 8.34. The number of furan rings is 1. The molecule has 4 rings (SSSR count). The van der Waals surface area contributed by atoms with Crippen LogP contribution in [0.5, 0.6) is 0 Å². The van der Waals surface area contributed by atoms with Gasteiger partial charge in [-0.25, -0.2) is 4.90 Å². The third-order valence-corrected chi connectivity index (χ3v) is 4.52. The minimum absolute atomic E-state index is 0.203. The minimum Gasteiger partial charge on any atom is -0.465 e. The molecule has 2 heterocycles. The summed E-state index contributed by atoms with van der Waals surface area (Å²) in [5.74, 6) is -0.668. The number of hydrogen-bond donors (Lipinski definition) is 1. The zero-order valence-electron chi connectivity index (χ0n) is 14.4. The second-order valence-electron chi connectivity index (χ2n) is 5.99. The fourth-order valence-corrected chi connectivity index (χ4v) is 3.11. The molecule has 0 bridgehead atoms. The fraction of sp³-hybridized carbons (Fsp3) is 0. The van der Waals surface area contributed by atoms with E-state index in [4.69, 9.17) is 16.0 Å². The van der Waals surface area contributed by atoms with Crippen LogP contribution in [0.25, 0.3) is 6.08 Å². The average molecular weight is 393 g/mol. The molecule has 0 radical (unpaired) electrons. The van der Waals surface area contributed by atoms with Crippen LogP contribution in [-0.2, 0) is 4.79 Å². The molecule has 3 aromatic rings. The minimum atomic E-state index is -0.408. The van der Waals surface area contributed by atoms with Gasteiger partial charge in [0.25, 0.3) is 11.8 Å². The molecule has 0 aliphatic carbocycles. The van der Waals surface area contributed by atoms with Gasteiger partial charge in [-0.3, -0.25) is 14.4 Å². The number of halogens is 1. The number of benzene rings is 2. The number of amides is 3. The lowest BCUT2D eigenvalue weighted by molar-refractivity contribution is -0.111. The quantitative estimate of drug-likeness (QED) is 0.527. The molecule has 0 atom stereocenters. The molecule has 0 unspecified atom stereocenters. The highest BCUT2D eigenvalue weighted by Crippen LogP contribution is 2.32. The summed E-state index contributed by atoms with van der Waals surface area (Å²) in [6.45, 7) is 0. The Morgan fingerprint density at radius 2 is 1.71 bits per heavy atom. The van der Waals surface area contributed by atoms with Crippen molar-refractivity contribution in [3.63, 3.8) is 0 Å². The molecule has 7 heteroatoms. The summed E-state index contributed by atoms with van der Waals surface area (Å²) in [6.07, 6.45) is 4.34. The molecule has 1 aromatic heterocycles. The van der Waals surface area contributed by atoms with Crippen molar-refractivity contribution in [1.29, 1.82) is 0 Å². The van der Waals surface area contributed by atoms with Gasteiger partial charge in [0.2, 0.25) is 5.91 Å². The maximum atomic E-state index is 12.6. The molecule has 1 aliphatic rings. The molecule has 1 N–H and O–H groups in total. The zero-order chi connectivity index (χ0) is 19.7. The summed E-state index contributed by atoms with van der Waals surface area (Å²) < 4.78 is 5.12. The highest BCUT2D eigenvalue weighted by molar-refractivity contribution is 6.36. The maximum absolute atomic E-state index is 12.6. The van der Waals surface area contributed by atoms with Crippen molar-refractivity contribution in [2.45, 2.75) is 0 Å². The van der Waals surface area contributed by atoms with E-state index >= 15 is 0 Å². The number of nitrogens with one attached hydrogen (secondary N) is 1. The van der Waals surface area contributed by atoms with Crippen LogP contribution in [0.1, 0.15) is 26.5 Å². The highest BCUT2D eigenvalue weighted by atomic mass is 35.5. The lowest BCUT2D eigenvalue weighted by atomic mass is 10.1. The van der Waals surface area contributed by atoms with Crippen LogP contribution in [0, 0.1) is 0 Å². The number of nitrogens with zero attached hydrogens (tertiary/aromatic N) is 1. The number of carbonyl (C=O) groups excluding carboxylic acids is 3. The molecule has 1 aliphatic heterocycles. The van der Waals surface area contributed by atoms with Crippen LogP contribution in [-0.4, -0.2) is 17.7 Å². The predicted octanol–water partition coefficient (Wildman–Crippen LogP) is 4.39. The van der Waals surface area contributed by atoms with Crippen molar-refractivity contribution >= 4 is 46.8 Å². The highest BCUT2D eigenvalue weighted by Gasteiger charge is 2.36. The van der Waals surface area contributed by atoms with Crippen molar-refractivity contribution < 1.29 is 18.8 Å². The number of imide groups is 1. The Kier molecular flexibility index (Phi) is 4.55. The van der Waals surface area contributed by atoms with E-state index in [0.717, 1.165) is 4.90 Å². The summed E-state index contributed by atoms with van der Waals surface area (Å²) in [5.41, 5.74) is 1.39. The van der Waals surface area contributed by atoms with E-state index in [1.807, 2.05) is 0 Å². The van der Waals surface area contributed by atoms with Gasteiger partial charge in [0.15, 0.2) is 0 Å². The van der Waals surface area contributed by atoms with Crippen molar-refractivity contribution in [3.05, 3.63) is 88.8 Å². The van der Waals surface area contributed by atoms with Crippen LogP contribution >= 0.6 is 11.6 Å². The molecule has 2 aromatic carbocycles. The molecule has 28 heavy (non-hydrogen) atoms. The fourth-order valence-electron chi connectivity index (χ4n) is 2.89. The van der Waals surface area contributed by atoms with Gasteiger partial charge < -0.3 is 9.73 Å². The Hall–Kier alpha value is -3.64. The summed E-state index contributed by atoms with van der Waals surface area (Å²) in [5, 5.41) is 2.84. The average Bonchev–Trinajstić information content (AvgIpc) is 3.30. The molecule has 0 saturated heterocycles. The molecule has 3 amide bonds. The topological polar surface area (TPSA) is 79.6 Å². The normalized spacial score (nSPS) is 13.2. The van der Waals surface area contributed by atoms with Crippen LogP contribution < -0.4 is 10.2 Å². The second kappa shape index (κ2) is 7.17. The predicted molar refractivity (Wildman–Crippen MR) is 105 cm³/mol. The Bertz CT molecular complexity index is 1080. The van der Waals surface area contributed by atoms with Crippen molar-refractivity contribution in [2.75, 3.05) is 10.2 Å². The summed E-state index contributed by atoms with van der Waals surface area (Å²) in [6, 6.07) is 14.6. The van der Waals surface area contributed by atoms with Crippen molar-refractivity contribution in [3.8, 4) is 0 Å². The summed E-state index contributed by atoms with van der Waals surface area (Å²) >= 11 is 6.25. The van der Waals surface area contributed by atoms with E-state index in [1.165, 1.54) is 24.5 Å². The molecule has 0 fully saturated rings. The van der Waals surface area contributed by atoms with E-state index in [2.05, 4.69) is 5.32 Å². The third-order valence-electron chi connectivity index (χ3n) is 4.20. The van der Waals surface area contributed by atoms with E-state index in [-0.39, 0.29) is 5.02 Å². The first-order valence-corrected chi connectivity index (χ1v) is 8.72. The number of anilines is 2. The smallest absolute Gasteiger partial charge is 0.266 e. The molecule has 6 nitrogen and oxygen atoms in total. The van der Waals surface area contributed by atoms with Crippen LogP contribution in [0.2, 0.25) is 5.02 Å². The Labute approximate surface area is 165 Å². The van der Waals surface area contributed by atoms with E-state index in [9.17, 15) is 14.4 Å². The summed E-state index contributed by atoms with van der Waals surface area (Å²) in [4.78, 5) is 38.2. The van der Waals surface area contributed by atoms with Crippen LogP contribution in [0.3, 0.4) is 0 Å². The molecular weight excluding hydrogens is 380 g/mol. The third kappa shape index (κ3) is 3.21. The lowest BCUT2D eigenvalue weighted by Crippen LogP contribution is -2.29. The number of carbonyl (C=O) groups is 3. The SMILES string of the molecule is O=C(/C=C/c1ccco1)Nc1ccc(N2C(=O)c3ccccc3C2=O)cc1Cl. The van der Waals surface area contributed by atoms with Gasteiger partial charge in [0, 0.05) is 6.08 Å². The number of rotatable bonds is 4. The van der Waals surface area contributed by atoms with Crippen LogP contribution in [0.15, 0.2) is 71.4 Å². The van der Waals surface area contributed by atoms with Gasteiger partial charge in [-0.2, -0.15) is 0 Å². The van der Waals surface area contributed by atoms with Gasteiger partial charge >= 0.3 is 0 Å². The largest absolute Gasteiger partial charge is 0.465 e. The van der Waals surface area contributed by atoms with Crippen LogP contribution in [0.4, 0.5) is 11.4 Å². The zero-order valence-corrected chi connectivity index (χ0v) is 15.1. The van der Waals surface area contributed by atoms with E-state index < -0.39 is 17.7 Å². The first-order chi connectivity index (χ1) is 13.5. The van der Waals surface area contributed by atoms with Crippen molar-refractivity contribution in [2.24, 2.45) is 0 Å². The Balaban J connectivity index is 1.53. The molecule has 0 saturated carbocycles. The number of fused-ring (bicyclic) bond motifs is 1. The van der Waals surface area contributed by atoms with E-state index in [0.29, 0.717) is 28.3 Å². The lowest BCUT2D eigenvalue weighted by Gasteiger charge is -2.15. The number of hydrogen-bond acceptors (Lipinski definition) is 4. The van der Waals surface area contributed by atoms with Gasteiger partial charge in [0.05, 0.1) is 33.8 Å².